The lowest BCUT2D eigenvalue weighted by Gasteiger charge is -2.27. The summed E-state index contributed by atoms with van der Waals surface area (Å²) in [5.74, 6) is 0. The highest BCUT2D eigenvalue weighted by Crippen LogP contribution is 2.30. The zero-order valence-electron chi connectivity index (χ0n) is 13.5. The van der Waals surface area contributed by atoms with Gasteiger partial charge in [0.2, 0.25) is 0 Å². The van der Waals surface area contributed by atoms with Crippen molar-refractivity contribution in [3.8, 4) is 11.3 Å². The first-order valence-corrected chi connectivity index (χ1v) is 8.03. The minimum Gasteiger partial charge on any atom is -0.283 e. The maximum atomic E-state index is 4.95. The van der Waals surface area contributed by atoms with E-state index in [4.69, 9.17) is 5.10 Å². The maximum Gasteiger partial charge on any atom is 0.102 e. The molecule has 0 amide bonds. The first-order valence-electron chi connectivity index (χ1n) is 8.03. The Morgan fingerprint density at radius 2 is 1.59 bits per heavy atom. The minimum atomic E-state index is 0.248. The molecule has 3 heteroatoms. The smallest absolute Gasteiger partial charge is 0.102 e. The molecule has 0 saturated carbocycles. The van der Waals surface area contributed by atoms with Crippen molar-refractivity contribution in [3.05, 3.63) is 54.6 Å². The number of aromatic nitrogens is 2. The highest BCUT2D eigenvalue weighted by atomic mass is 15.4. The number of nitrogens with zero attached hydrogens (tertiary/aromatic N) is 3. The second kappa shape index (κ2) is 6.32. The van der Waals surface area contributed by atoms with Gasteiger partial charge in [-0.05, 0) is 26.1 Å². The van der Waals surface area contributed by atoms with Crippen molar-refractivity contribution in [2.24, 2.45) is 0 Å². The maximum absolute atomic E-state index is 4.95. The van der Waals surface area contributed by atoms with Crippen molar-refractivity contribution < 1.29 is 0 Å². The van der Waals surface area contributed by atoms with Crippen LogP contribution < -0.4 is 0 Å². The monoisotopic (exact) mass is 293 g/mol. The number of hydrogen-bond acceptors (Lipinski definition) is 2. The van der Waals surface area contributed by atoms with Gasteiger partial charge >= 0.3 is 0 Å². The van der Waals surface area contributed by atoms with Gasteiger partial charge < -0.3 is 0 Å². The van der Waals surface area contributed by atoms with Crippen LogP contribution in [-0.2, 0) is 0 Å². The van der Waals surface area contributed by atoms with Crippen LogP contribution in [0, 0.1) is 0 Å². The molecule has 0 radical (unpaired) electrons. The topological polar surface area (TPSA) is 21.1 Å². The van der Waals surface area contributed by atoms with Crippen molar-refractivity contribution in [2.75, 3.05) is 13.1 Å². The van der Waals surface area contributed by atoms with Crippen LogP contribution in [0.25, 0.3) is 22.2 Å². The van der Waals surface area contributed by atoms with E-state index in [1.54, 1.807) is 0 Å². The molecular weight excluding hydrogens is 270 g/mol. The van der Waals surface area contributed by atoms with E-state index in [9.17, 15) is 0 Å². The molecule has 0 aliphatic heterocycles. The van der Waals surface area contributed by atoms with Gasteiger partial charge in [-0.1, -0.05) is 62.4 Å². The Hall–Kier alpha value is -2.13. The SMILES string of the molecule is CCN(CC)C(C)n1nc(-c2ccccc2)c2ccccc21. The van der Waals surface area contributed by atoms with Crippen molar-refractivity contribution in [1.29, 1.82) is 0 Å². The average molecular weight is 293 g/mol. The predicted molar refractivity (Wildman–Crippen MR) is 92.8 cm³/mol. The fourth-order valence-corrected chi connectivity index (χ4v) is 3.09. The summed E-state index contributed by atoms with van der Waals surface area (Å²) in [6.45, 7) is 8.66. The molecule has 3 rings (SSSR count). The summed E-state index contributed by atoms with van der Waals surface area (Å²) < 4.78 is 2.16. The fourth-order valence-electron chi connectivity index (χ4n) is 3.09. The lowest BCUT2D eigenvalue weighted by Crippen LogP contribution is -2.31. The zero-order valence-corrected chi connectivity index (χ0v) is 13.5. The van der Waals surface area contributed by atoms with Gasteiger partial charge in [0.15, 0.2) is 0 Å². The molecule has 0 spiro atoms. The van der Waals surface area contributed by atoms with E-state index in [-0.39, 0.29) is 6.17 Å². The molecule has 1 unspecified atom stereocenters. The van der Waals surface area contributed by atoms with Crippen LogP contribution in [-0.4, -0.2) is 27.8 Å². The van der Waals surface area contributed by atoms with Crippen LogP contribution in [0.5, 0.6) is 0 Å². The van der Waals surface area contributed by atoms with Crippen LogP contribution >= 0.6 is 0 Å². The highest BCUT2D eigenvalue weighted by Gasteiger charge is 2.18. The molecule has 1 heterocycles. The van der Waals surface area contributed by atoms with Gasteiger partial charge in [0.1, 0.15) is 11.9 Å². The van der Waals surface area contributed by atoms with E-state index in [1.807, 2.05) is 6.07 Å². The lowest BCUT2D eigenvalue weighted by atomic mass is 10.1. The van der Waals surface area contributed by atoms with Crippen LogP contribution in [0.2, 0.25) is 0 Å². The standard InChI is InChI=1S/C19H23N3/c1-4-21(5-2)15(3)22-18-14-10-9-13-17(18)19(20-22)16-11-7-6-8-12-16/h6-15H,4-5H2,1-3H3. The predicted octanol–water partition coefficient (Wildman–Crippen LogP) is 4.56. The average Bonchev–Trinajstić information content (AvgIpc) is 2.96. The molecular formula is C19H23N3. The number of fused-ring (bicyclic) bond motifs is 1. The van der Waals surface area contributed by atoms with Crippen LogP contribution in [0.3, 0.4) is 0 Å². The zero-order chi connectivity index (χ0) is 15.5. The summed E-state index contributed by atoms with van der Waals surface area (Å²) in [5, 5.41) is 6.17. The Morgan fingerprint density at radius 3 is 2.27 bits per heavy atom. The summed E-state index contributed by atoms with van der Waals surface area (Å²) in [5.41, 5.74) is 3.43. The molecule has 114 valence electrons. The summed E-state index contributed by atoms with van der Waals surface area (Å²) in [4.78, 5) is 2.41. The van der Waals surface area contributed by atoms with E-state index in [0.29, 0.717) is 0 Å². The van der Waals surface area contributed by atoms with Gasteiger partial charge in [0.05, 0.1) is 5.52 Å². The van der Waals surface area contributed by atoms with Gasteiger partial charge in [-0.25, -0.2) is 4.68 Å². The van der Waals surface area contributed by atoms with Gasteiger partial charge in [-0.15, -0.1) is 0 Å². The van der Waals surface area contributed by atoms with Crippen molar-refractivity contribution in [2.45, 2.75) is 26.9 Å². The van der Waals surface area contributed by atoms with Crippen LogP contribution in [0.4, 0.5) is 0 Å². The fraction of sp³-hybridized carbons (Fsp3) is 0.316. The Morgan fingerprint density at radius 1 is 0.955 bits per heavy atom. The first-order chi connectivity index (χ1) is 10.8. The van der Waals surface area contributed by atoms with E-state index in [0.717, 1.165) is 18.8 Å². The third-order valence-electron chi connectivity index (χ3n) is 4.36. The second-order valence-corrected chi connectivity index (χ2v) is 5.53. The Balaban J connectivity index is 2.16. The van der Waals surface area contributed by atoms with Gasteiger partial charge in [0.25, 0.3) is 0 Å². The van der Waals surface area contributed by atoms with Crippen molar-refractivity contribution >= 4 is 10.9 Å². The molecule has 22 heavy (non-hydrogen) atoms. The Bertz CT molecular complexity index is 742. The molecule has 0 bridgehead atoms. The van der Waals surface area contributed by atoms with Gasteiger partial charge in [0, 0.05) is 10.9 Å². The number of hydrogen-bond donors (Lipinski definition) is 0. The molecule has 0 fully saturated rings. The van der Waals surface area contributed by atoms with E-state index in [2.05, 4.69) is 78.9 Å². The molecule has 0 aliphatic rings. The number of para-hydroxylation sites is 1. The van der Waals surface area contributed by atoms with Crippen LogP contribution in [0.1, 0.15) is 26.9 Å². The van der Waals surface area contributed by atoms with E-state index in [1.165, 1.54) is 16.5 Å². The van der Waals surface area contributed by atoms with Crippen molar-refractivity contribution in [1.82, 2.24) is 14.7 Å². The highest BCUT2D eigenvalue weighted by molar-refractivity contribution is 5.93. The summed E-state index contributed by atoms with van der Waals surface area (Å²) in [7, 11) is 0. The molecule has 2 aromatic carbocycles. The molecule has 3 nitrogen and oxygen atoms in total. The van der Waals surface area contributed by atoms with E-state index >= 15 is 0 Å². The molecule has 1 atom stereocenters. The largest absolute Gasteiger partial charge is 0.283 e. The molecule has 3 aromatic rings. The third kappa shape index (κ3) is 2.53. The summed E-state index contributed by atoms with van der Waals surface area (Å²) in [6, 6.07) is 18.9. The first kappa shape index (κ1) is 14.8. The molecule has 1 aromatic heterocycles. The molecule has 0 saturated heterocycles. The lowest BCUT2D eigenvalue weighted by molar-refractivity contribution is 0.163. The quantitative estimate of drug-likeness (QED) is 0.687. The van der Waals surface area contributed by atoms with Crippen molar-refractivity contribution in [3.63, 3.8) is 0 Å². The molecule has 0 N–H and O–H groups in total. The third-order valence-corrected chi connectivity index (χ3v) is 4.36. The summed E-state index contributed by atoms with van der Waals surface area (Å²) in [6.07, 6.45) is 0.248. The normalized spacial score (nSPS) is 12.9. The van der Waals surface area contributed by atoms with E-state index < -0.39 is 0 Å². The second-order valence-electron chi connectivity index (χ2n) is 5.53. The van der Waals surface area contributed by atoms with Crippen LogP contribution in [0.15, 0.2) is 54.6 Å². The molecule has 0 aliphatic carbocycles. The number of rotatable bonds is 5. The number of benzene rings is 2. The summed E-state index contributed by atoms with van der Waals surface area (Å²) >= 11 is 0. The van der Waals surface area contributed by atoms with Gasteiger partial charge in [-0.3, -0.25) is 4.90 Å². The van der Waals surface area contributed by atoms with Gasteiger partial charge in [-0.2, -0.15) is 5.10 Å². The Kier molecular flexibility index (Phi) is 4.25. The Labute approximate surface area is 132 Å². The minimum absolute atomic E-state index is 0.248.